The van der Waals surface area contributed by atoms with E-state index in [0.29, 0.717) is 12.6 Å². The van der Waals surface area contributed by atoms with Crippen molar-refractivity contribution >= 4 is 0 Å². The van der Waals surface area contributed by atoms with Crippen molar-refractivity contribution in [1.82, 2.24) is 10.2 Å². The molecule has 2 N–H and O–H groups in total. The minimum Gasteiger partial charge on any atom is -0.505 e. The monoisotopic (exact) mass is 252 g/mol. The minimum atomic E-state index is -0.558. The molecule has 0 aromatic heterocycles. The second-order valence-electron chi connectivity index (χ2n) is 5.16. The molecule has 1 aromatic rings. The molecule has 4 heteroatoms. The molecule has 1 aliphatic carbocycles. The van der Waals surface area contributed by atoms with Crippen molar-refractivity contribution in [2.75, 3.05) is 13.6 Å². The smallest absolute Gasteiger partial charge is 0.165 e. The number of phenols is 1. The number of nitrogens with zero attached hydrogens (tertiary/aromatic N) is 1. The molecular formula is C14H21FN2O. The second-order valence-corrected chi connectivity index (χ2v) is 5.16. The molecule has 1 aliphatic rings. The van der Waals surface area contributed by atoms with Crippen LogP contribution in [0.15, 0.2) is 18.2 Å². The van der Waals surface area contributed by atoms with Crippen LogP contribution in [0.5, 0.6) is 5.75 Å². The summed E-state index contributed by atoms with van der Waals surface area (Å²) in [7, 11) is 2.16. The van der Waals surface area contributed by atoms with E-state index in [1.807, 2.05) is 0 Å². The van der Waals surface area contributed by atoms with Gasteiger partial charge >= 0.3 is 0 Å². The van der Waals surface area contributed by atoms with Gasteiger partial charge < -0.3 is 10.4 Å². The third kappa shape index (κ3) is 3.43. The predicted molar refractivity (Wildman–Crippen MR) is 70.0 cm³/mol. The SMILES string of the molecule is CC(CNCc1ccc(O)c(F)c1)N(C)C1CC1. The fourth-order valence-electron chi connectivity index (χ4n) is 2.07. The highest BCUT2D eigenvalue weighted by molar-refractivity contribution is 5.27. The lowest BCUT2D eigenvalue weighted by Crippen LogP contribution is -2.38. The van der Waals surface area contributed by atoms with Crippen LogP contribution in [0.3, 0.4) is 0 Å². The van der Waals surface area contributed by atoms with E-state index in [-0.39, 0.29) is 5.75 Å². The standard InChI is InChI=1S/C14H21FN2O/c1-10(17(2)12-4-5-12)8-16-9-11-3-6-14(18)13(15)7-11/h3,6-7,10,12,16,18H,4-5,8-9H2,1-2H3. The van der Waals surface area contributed by atoms with Gasteiger partial charge in [0.1, 0.15) is 0 Å². The fourth-order valence-corrected chi connectivity index (χ4v) is 2.07. The number of nitrogens with one attached hydrogen (secondary N) is 1. The van der Waals surface area contributed by atoms with Gasteiger partial charge in [0, 0.05) is 25.2 Å². The Bertz CT molecular complexity index is 407. The number of benzene rings is 1. The van der Waals surface area contributed by atoms with Gasteiger partial charge in [-0.3, -0.25) is 4.90 Å². The second kappa shape index (κ2) is 5.67. The molecule has 0 heterocycles. The molecule has 1 unspecified atom stereocenters. The maximum absolute atomic E-state index is 13.1. The van der Waals surface area contributed by atoms with Crippen molar-refractivity contribution in [2.24, 2.45) is 0 Å². The van der Waals surface area contributed by atoms with E-state index in [4.69, 9.17) is 5.11 Å². The summed E-state index contributed by atoms with van der Waals surface area (Å²) in [6.07, 6.45) is 2.62. The van der Waals surface area contributed by atoms with Gasteiger partial charge in [-0.25, -0.2) is 4.39 Å². The number of aromatic hydroxyl groups is 1. The molecule has 100 valence electrons. The van der Waals surface area contributed by atoms with Crippen molar-refractivity contribution in [3.8, 4) is 5.75 Å². The van der Waals surface area contributed by atoms with Crippen LogP contribution in [-0.2, 0) is 6.54 Å². The molecule has 1 atom stereocenters. The molecule has 18 heavy (non-hydrogen) atoms. The summed E-state index contributed by atoms with van der Waals surface area (Å²) in [5.41, 5.74) is 0.853. The largest absolute Gasteiger partial charge is 0.505 e. The lowest BCUT2D eigenvalue weighted by molar-refractivity contribution is 0.241. The first-order valence-electron chi connectivity index (χ1n) is 6.48. The Hall–Kier alpha value is -1.13. The van der Waals surface area contributed by atoms with Gasteiger partial charge in [-0.15, -0.1) is 0 Å². The Kier molecular flexibility index (Phi) is 4.19. The van der Waals surface area contributed by atoms with Gasteiger partial charge in [0.25, 0.3) is 0 Å². The Morgan fingerprint density at radius 3 is 2.83 bits per heavy atom. The summed E-state index contributed by atoms with van der Waals surface area (Å²) in [5.74, 6) is -0.849. The zero-order valence-corrected chi connectivity index (χ0v) is 11.0. The molecule has 0 bridgehead atoms. The van der Waals surface area contributed by atoms with Crippen LogP contribution in [0.25, 0.3) is 0 Å². The molecular weight excluding hydrogens is 231 g/mol. The fraction of sp³-hybridized carbons (Fsp3) is 0.571. The molecule has 0 saturated heterocycles. The maximum atomic E-state index is 13.1. The first kappa shape index (κ1) is 13.3. The minimum absolute atomic E-state index is 0.291. The molecule has 0 spiro atoms. The summed E-state index contributed by atoms with van der Waals surface area (Å²) in [6.45, 7) is 3.71. The first-order valence-corrected chi connectivity index (χ1v) is 6.48. The normalized spacial score (nSPS) is 17.1. The Morgan fingerprint density at radius 2 is 2.22 bits per heavy atom. The quantitative estimate of drug-likeness (QED) is 0.814. The number of likely N-dealkylation sites (N-methyl/N-ethyl adjacent to an activating group) is 1. The van der Waals surface area contributed by atoms with Crippen molar-refractivity contribution in [3.63, 3.8) is 0 Å². The average molecular weight is 252 g/mol. The van der Waals surface area contributed by atoms with E-state index < -0.39 is 5.82 Å². The van der Waals surface area contributed by atoms with E-state index in [1.165, 1.54) is 25.0 Å². The van der Waals surface area contributed by atoms with Crippen LogP contribution in [-0.4, -0.2) is 35.7 Å². The molecule has 1 fully saturated rings. The third-order valence-electron chi connectivity index (χ3n) is 3.60. The van der Waals surface area contributed by atoms with Crippen LogP contribution in [0.2, 0.25) is 0 Å². The first-order chi connectivity index (χ1) is 8.58. The molecule has 1 saturated carbocycles. The highest BCUT2D eigenvalue weighted by Crippen LogP contribution is 2.26. The Labute approximate surface area is 108 Å². The van der Waals surface area contributed by atoms with Gasteiger partial charge in [-0.1, -0.05) is 6.07 Å². The van der Waals surface area contributed by atoms with Crippen molar-refractivity contribution in [2.45, 2.75) is 38.4 Å². The summed E-state index contributed by atoms with van der Waals surface area (Å²) >= 11 is 0. The summed E-state index contributed by atoms with van der Waals surface area (Å²) in [6, 6.07) is 5.75. The predicted octanol–water partition coefficient (Wildman–Crippen LogP) is 2.10. The summed E-state index contributed by atoms with van der Waals surface area (Å²) in [5, 5.41) is 12.4. The van der Waals surface area contributed by atoms with E-state index in [2.05, 4.69) is 24.2 Å². The Morgan fingerprint density at radius 1 is 1.50 bits per heavy atom. The van der Waals surface area contributed by atoms with Crippen LogP contribution < -0.4 is 5.32 Å². The van der Waals surface area contributed by atoms with Crippen molar-refractivity contribution in [1.29, 1.82) is 0 Å². The van der Waals surface area contributed by atoms with Crippen molar-refractivity contribution in [3.05, 3.63) is 29.6 Å². The summed E-state index contributed by atoms with van der Waals surface area (Å²) < 4.78 is 13.1. The number of rotatable bonds is 6. The zero-order valence-electron chi connectivity index (χ0n) is 11.0. The Balaban J connectivity index is 1.75. The lowest BCUT2D eigenvalue weighted by atomic mass is 10.2. The van der Waals surface area contributed by atoms with Gasteiger partial charge in [0.2, 0.25) is 0 Å². The molecule has 0 aliphatic heterocycles. The number of halogens is 1. The van der Waals surface area contributed by atoms with Gasteiger partial charge in [-0.05, 0) is 44.5 Å². The van der Waals surface area contributed by atoms with Crippen LogP contribution in [0.1, 0.15) is 25.3 Å². The van der Waals surface area contributed by atoms with Gasteiger partial charge in [0.15, 0.2) is 11.6 Å². The van der Waals surface area contributed by atoms with Crippen LogP contribution in [0.4, 0.5) is 4.39 Å². The molecule has 0 radical (unpaired) electrons. The van der Waals surface area contributed by atoms with E-state index in [9.17, 15) is 4.39 Å². The average Bonchev–Trinajstić information content (AvgIpc) is 3.16. The molecule has 2 rings (SSSR count). The topological polar surface area (TPSA) is 35.5 Å². The number of phenolic OH excluding ortho intramolecular Hbond substituents is 1. The highest BCUT2D eigenvalue weighted by atomic mass is 19.1. The van der Waals surface area contributed by atoms with Crippen LogP contribution >= 0.6 is 0 Å². The number of hydrogen-bond acceptors (Lipinski definition) is 3. The molecule has 3 nitrogen and oxygen atoms in total. The maximum Gasteiger partial charge on any atom is 0.165 e. The van der Waals surface area contributed by atoms with Crippen LogP contribution in [0, 0.1) is 5.82 Å². The van der Waals surface area contributed by atoms with Crippen molar-refractivity contribution < 1.29 is 9.50 Å². The zero-order chi connectivity index (χ0) is 13.1. The molecule has 1 aromatic carbocycles. The van der Waals surface area contributed by atoms with Gasteiger partial charge in [0.05, 0.1) is 0 Å². The highest BCUT2D eigenvalue weighted by Gasteiger charge is 2.28. The molecule has 0 amide bonds. The third-order valence-corrected chi connectivity index (χ3v) is 3.60. The lowest BCUT2D eigenvalue weighted by Gasteiger charge is -2.24. The van der Waals surface area contributed by atoms with E-state index in [0.717, 1.165) is 18.2 Å². The van der Waals surface area contributed by atoms with Gasteiger partial charge in [-0.2, -0.15) is 0 Å². The summed E-state index contributed by atoms with van der Waals surface area (Å²) in [4.78, 5) is 2.39. The van der Waals surface area contributed by atoms with E-state index in [1.54, 1.807) is 6.07 Å². The van der Waals surface area contributed by atoms with E-state index >= 15 is 0 Å². The number of hydrogen-bond donors (Lipinski definition) is 2.